The number of likely N-dealkylation sites (tertiary alicyclic amines) is 1. The zero-order chi connectivity index (χ0) is 13.7. The second kappa shape index (κ2) is 4.36. The van der Waals surface area contributed by atoms with Gasteiger partial charge in [0.2, 0.25) is 5.91 Å². The Morgan fingerprint density at radius 1 is 1.39 bits per heavy atom. The Bertz CT molecular complexity index is 375. The Kier molecular flexibility index (Phi) is 3.28. The molecule has 18 heavy (non-hydrogen) atoms. The molecule has 1 amide bonds. The van der Waals surface area contributed by atoms with Crippen LogP contribution in [-0.2, 0) is 9.59 Å². The molecule has 2 rings (SSSR count). The molecule has 0 aromatic rings. The van der Waals surface area contributed by atoms with Crippen LogP contribution in [0.5, 0.6) is 0 Å². The molecule has 1 heterocycles. The largest absolute Gasteiger partial charge is 0.332 e. The number of ketones is 1. The van der Waals surface area contributed by atoms with Gasteiger partial charge in [-0.1, -0.05) is 34.1 Å². The van der Waals surface area contributed by atoms with Crippen LogP contribution in [0.1, 0.15) is 47.5 Å². The summed E-state index contributed by atoms with van der Waals surface area (Å²) in [5, 5.41) is 0. The van der Waals surface area contributed by atoms with E-state index in [1.165, 1.54) is 0 Å². The molecule has 2 aliphatic rings. The first-order valence-corrected chi connectivity index (χ1v) is 7.10. The van der Waals surface area contributed by atoms with Gasteiger partial charge in [-0.15, -0.1) is 0 Å². The first kappa shape index (κ1) is 13.6. The number of piperidine rings is 1. The van der Waals surface area contributed by atoms with Gasteiger partial charge < -0.3 is 4.90 Å². The van der Waals surface area contributed by atoms with Crippen molar-refractivity contribution in [3.63, 3.8) is 0 Å². The summed E-state index contributed by atoms with van der Waals surface area (Å²) in [6.45, 7) is 11.0. The molecule has 0 radical (unpaired) electrons. The Balaban J connectivity index is 2.12. The molecule has 0 aromatic heterocycles. The van der Waals surface area contributed by atoms with Crippen LogP contribution >= 0.6 is 0 Å². The topological polar surface area (TPSA) is 37.4 Å². The summed E-state index contributed by atoms with van der Waals surface area (Å²) >= 11 is 0. The fourth-order valence-corrected chi connectivity index (χ4v) is 3.59. The van der Waals surface area contributed by atoms with Crippen LogP contribution in [0, 0.1) is 23.2 Å². The van der Waals surface area contributed by atoms with E-state index in [0.717, 1.165) is 13.0 Å². The fraction of sp³-hybridized carbons (Fsp3) is 0.867. The highest BCUT2D eigenvalue weighted by Crippen LogP contribution is 2.65. The summed E-state index contributed by atoms with van der Waals surface area (Å²) in [4.78, 5) is 25.9. The minimum absolute atomic E-state index is 0.0560. The number of carbonyl (C=O) groups is 2. The maximum Gasteiger partial charge on any atom is 0.220 e. The highest BCUT2D eigenvalue weighted by molar-refractivity contribution is 5.90. The van der Waals surface area contributed by atoms with Gasteiger partial charge in [0.1, 0.15) is 0 Å². The molecule has 0 N–H and O–H groups in total. The van der Waals surface area contributed by atoms with Gasteiger partial charge in [0.25, 0.3) is 0 Å². The van der Waals surface area contributed by atoms with Crippen molar-refractivity contribution in [1.82, 2.24) is 4.90 Å². The molecule has 1 saturated heterocycles. The number of carbonyl (C=O) groups excluding carboxylic acids is 2. The number of nitrogens with zero attached hydrogens (tertiary/aromatic N) is 1. The van der Waals surface area contributed by atoms with E-state index in [0.29, 0.717) is 24.2 Å². The Labute approximate surface area is 110 Å². The number of Topliss-reactive ketones (excluding diaryl/α,β-unsaturated/α-hetero) is 1. The lowest BCUT2D eigenvalue weighted by Gasteiger charge is -2.29. The van der Waals surface area contributed by atoms with Gasteiger partial charge in [-0.25, -0.2) is 0 Å². The SMILES string of the molecule is CC[C@H](C)CC(=O)[C@@H]1[C@@H]2[C@H](CN1C(C)=O)C2(C)C. The predicted molar refractivity (Wildman–Crippen MR) is 71.0 cm³/mol. The summed E-state index contributed by atoms with van der Waals surface area (Å²) in [6.07, 6.45) is 1.64. The predicted octanol–water partition coefficient (Wildman–Crippen LogP) is 2.49. The maximum absolute atomic E-state index is 12.5. The molecule has 0 spiro atoms. The summed E-state index contributed by atoms with van der Waals surface area (Å²) in [5.74, 6) is 1.69. The minimum atomic E-state index is -0.142. The first-order chi connectivity index (χ1) is 8.30. The van der Waals surface area contributed by atoms with Crippen molar-refractivity contribution in [2.24, 2.45) is 23.2 Å². The number of rotatable bonds is 4. The number of amides is 1. The molecule has 1 aliphatic heterocycles. The van der Waals surface area contributed by atoms with Gasteiger partial charge in [0, 0.05) is 19.9 Å². The van der Waals surface area contributed by atoms with E-state index in [1.54, 1.807) is 6.92 Å². The van der Waals surface area contributed by atoms with E-state index in [1.807, 2.05) is 4.90 Å². The Morgan fingerprint density at radius 3 is 2.50 bits per heavy atom. The van der Waals surface area contributed by atoms with E-state index in [-0.39, 0.29) is 23.1 Å². The van der Waals surface area contributed by atoms with Crippen molar-refractivity contribution < 1.29 is 9.59 Å². The standard InChI is InChI=1S/C15H25NO2/c1-6-9(2)7-12(18)14-13-11(15(13,4)5)8-16(14)10(3)17/h9,11,13-14H,6-8H2,1-5H3/t9-,11-,13-,14+/m0/s1. The monoisotopic (exact) mass is 251 g/mol. The van der Waals surface area contributed by atoms with E-state index in [4.69, 9.17) is 0 Å². The highest BCUT2D eigenvalue weighted by Gasteiger charge is 2.68. The lowest BCUT2D eigenvalue weighted by molar-refractivity contribution is -0.138. The zero-order valence-electron chi connectivity index (χ0n) is 12.2. The van der Waals surface area contributed by atoms with Crippen molar-refractivity contribution in [3.05, 3.63) is 0 Å². The molecule has 0 unspecified atom stereocenters. The molecular formula is C15H25NO2. The van der Waals surface area contributed by atoms with E-state index in [2.05, 4.69) is 27.7 Å². The van der Waals surface area contributed by atoms with Crippen molar-refractivity contribution >= 4 is 11.7 Å². The lowest BCUT2D eigenvalue weighted by atomic mass is 9.92. The smallest absolute Gasteiger partial charge is 0.220 e. The van der Waals surface area contributed by atoms with Gasteiger partial charge in [0.05, 0.1) is 6.04 Å². The van der Waals surface area contributed by atoms with Gasteiger partial charge in [-0.2, -0.15) is 0 Å². The van der Waals surface area contributed by atoms with Crippen molar-refractivity contribution in [1.29, 1.82) is 0 Å². The minimum Gasteiger partial charge on any atom is -0.332 e. The first-order valence-electron chi connectivity index (χ1n) is 7.10. The Hall–Kier alpha value is -0.860. The third-order valence-electron chi connectivity index (χ3n) is 5.19. The molecule has 0 bridgehead atoms. The molecule has 3 nitrogen and oxygen atoms in total. The molecular weight excluding hydrogens is 226 g/mol. The average molecular weight is 251 g/mol. The van der Waals surface area contributed by atoms with Crippen LogP contribution < -0.4 is 0 Å². The molecule has 1 saturated carbocycles. The van der Waals surface area contributed by atoms with E-state index >= 15 is 0 Å². The van der Waals surface area contributed by atoms with Crippen molar-refractivity contribution in [2.75, 3.05) is 6.54 Å². The normalized spacial score (nSPS) is 34.1. The second-order valence-corrected chi connectivity index (χ2v) is 6.75. The number of fused-ring (bicyclic) bond motifs is 1. The van der Waals surface area contributed by atoms with Crippen LogP contribution in [0.25, 0.3) is 0 Å². The van der Waals surface area contributed by atoms with Gasteiger partial charge in [-0.05, 0) is 23.2 Å². The Morgan fingerprint density at radius 2 is 2.00 bits per heavy atom. The molecule has 102 valence electrons. The van der Waals surface area contributed by atoms with E-state index < -0.39 is 0 Å². The highest BCUT2D eigenvalue weighted by atomic mass is 16.2. The summed E-state index contributed by atoms with van der Waals surface area (Å²) < 4.78 is 0. The summed E-state index contributed by atoms with van der Waals surface area (Å²) in [6, 6.07) is -0.142. The van der Waals surface area contributed by atoms with Crippen LogP contribution in [-0.4, -0.2) is 29.2 Å². The number of hydrogen-bond donors (Lipinski definition) is 0. The average Bonchev–Trinajstić information content (AvgIpc) is 2.67. The van der Waals surface area contributed by atoms with Crippen LogP contribution in [0.4, 0.5) is 0 Å². The van der Waals surface area contributed by atoms with Crippen LogP contribution in [0.3, 0.4) is 0 Å². The van der Waals surface area contributed by atoms with Crippen molar-refractivity contribution in [2.45, 2.75) is 53.5 Å². The molecule has 2 fully saturated rings. The van der Waals surface area contributed by atoms with E-state index in [9.17, 15) is 9.59 Å². The second-order valence-electron chi connectivity index (χ2n) is 6.75. The zero-order valence-corrected chi connectivity index (χ0v) is 12.2. The third kappa shape index (κ3) is 1.98. The van der Waals surface area contributed by atoms with Gasteiger partial charge in [0.15, 0.2) is 5.78 Å². The third-order valence-corrected chi connectivity index (χ3v) is 5.19. The molecule has 3 heteroatoms. The quantitative estimate of drug-likeness (QED) is 0.770. The van der Waals surface area contributed by atoms with Crippen molar-refractivity contribution in [3.8, 4) is 0 Å². The van der Waals surface area contributed by atoms with Gasteiger partial charge >= 0.3 is 0 Å². The van der Waals surface area contributed by atoms with Crippen LogP contribution in [0.15, 0.2) is 0 Å². The molecule has 0 aromatic carbocycles. The summed E-state index contributed by atoms with van der Waals surface area (Å²) in [7, 11) is 0. The molecule has 4 atom stereocenters. The van der Waals surface area contributed by atoms with Crippen LogP contribution in [0.2, 0.25) is 0 Å². The lowest BCUT2D eigenvalue weighted by Crippen LogP contribution is -2.44. The summed E-state index contributed by atoms with van der Waals surface area (Å²) in [5.41, 5.74) is 0.252. The van der Waals surface area contributed by atoms with Gasteiger partial charge in [-0.3, -0.25) is 9.59 Å². The fourth-order valence-electron chi connectivity index (χ4n) is 3.59. The molecule has 1 aliphatic carbocycles. The number of hydrogen-bond acceptors (Lipinski definition) is 2. The maximum atomic E-state index is 12.5.